The van der Waals surface area contributed by atoms with Gasteiger partial charge in [-0.3, -0.25) is 14.5 Å². The molecule has 6 nitrogen and oxygen atoms in total. The first-order valence-corrected chi connectivity index (χ1v) is 10.2. The largest absolute Gasteiger partial charge is 0.396 e. The zero-order valence-corrected chi connectivity index (χ0v) is 17.1. The topological polar surface area (TPSA) is 47.8 Å². The molecule has 2 aliphatic heterocycles. The second-order valence-electron chi connectivity index (χ2n) is 8.33. The third kappa shape index (κ3) is 4.47. The van der Waals surface area contributed by atoms with Gasteiger partial charge in [-0.2, -0.15) is 5.10 Å². The van der Waals surface area contributed by atoms with Crippen LogP contribution in [-0.4, -0.2) is 88.6 Å². The molecule has 0 unspecified atom stereocenters. The Morgan fingerprint density at radius 3 is 2.42 bits per heavy atom. The standard InChI is InChI=1S/C20H37N5O/c1-16-19(17(2)23(4)21-16)15-24-8-7-20(18(14-24)6-5-13-26)25-11-9-22(3)10-12-25/h18,20,26H,5-15H2,1-4H3/t18-,20+/m1/s1. The molecule has 0 spiro atoms. The molecule has 2 atom stereocenters. The van der Waals surface area contributed by atoms with Gasteiger partial charge in [-0.25, -0.2) is 0 Å². The van der Waals surface area contributed by atoms with Crippen LogP contribution in [0.15, 0.2) is 0 Å². The maximum absolute atomic E-state index is 9.36. The van der Waals surface area contributed by atoms with Gasteiger partial charge in [0.1, 0.15) is 0 Å². The Balaban J connectivity index is 1.65. The first-order valence-electron chi connectivity index (χ1n) is 10.2. The van der Waals surface area contributed by atoms with Crippen molar-refractivity contribution in [3.05, 3.63) is 17.0 Å². The van der Waals surface area contributed by atoms with E-state index in [0.29, 0.717) is 18.6 Å². The van der Waals surface area contributed by atoms with E-state index < -0.39 is 0 Å². The number of hydrogen-bond donors (Lipinski definition) is 1. The van der Waals surface area contributed by atoms with Gasteiger partial charge >= 0.3 is 0 Å². The fraction of sp³-hybridized carbons (Fsp3) is 0.850. The molecule has 148 valence electrons. The van der Waals surface area contributed by atoms with Crippen molar-refractivity contribution in [1.29, 1.82) is 0 Å². The average molecular weight is 364 g/mol. The highest BCUT2D eigenvalue weighted by Gasteiger charge is 2.34. The summed E-state index contributed by atoms with van der Waals surface area (Å²) in [5, 5.41) is 13.9. The fourth-order valence-electron chi connectivity index (χ4n) is 4.78. The molecule has 26 heavy (non-hydrogen) atoms. The van der Waals surface area contributed by atoms with Crippen LogP contribution >= 0.6 is 0 Å². The van der Waals surface area contributed by atoms with Gasteiger partial charge in [-0.15, -0.1) is 0 Å². The molecule has 6 heteroatoms. The lowest BCUT2D eigenvalue weighted by molar-refractivity contribution is 0.0211. The number of aromatic nitrogens is 2. The second-order valence-corrected chi connectivity index (χ2v) is 8.33. The van der Waals surface area contributed by atoms with Gasteiger partial charge < -0.3 is 10.0 Å². The van der Waals surface area contributed by atoms with Gasteiger partial charge in [0, 0.05) is 70.2 Å². The minimum atomic E-state index is 0.312. The summed E-state index contributed by atoms with van der Waals surface area (Å²) in [6, 6.07) is 0.683. The van der Waals surface area contributed by atoms with Crippen molar-refractivity contribution in [3.8, 4) is 0 Å². The van der Waals surface area contributed by atoms with Crippen molar-refractivity contribution in [2.45, 2.75) is 45.7 Å². The van der Waals surface area contributed by atoms with Crippen molar-refractivity contribution in [3.63, 3.8) is 0 Å². The van der Waals surface area contributed by atoms with Crippen LogP contribution in [0.5, 0.6) is 0 Å². The van der Waals surface area contributed by atoms with Crippen molar-refractivity contribution >= 4 is 0 Å². The van der Waals surface area contributed by atoms with Gasteiger partial charge in [-0.05, 0) is 52.6 Å². The Hall–Kier alpha value is -0.950. The summed E-state index contributed by atoms with van der Waals surface area (Å²) < 4.78 is 2.00. The molecule has 2 aliphatic rings. The highest BCUT2D eigenvalue weighted by molar-refractivity contribution is 5.24. The molecule has 0 aliphatic carbocycles. The van der Waals surface area contributed by atoms with Gasteiger partial charge in [0.2, 0.25) is 0 Å². The normalized spacial score (nSPS) is 26.5. The van der Waals surface area contributed by atoms with E-state index in [2.05, 4.69) is 40.7 Å². The average Bonchev–Trinajstić information content (AvgIpc) is 2.87. The third-order valence-corrected chi connectivity index (χ3v) is 6.56. The lowest BCUT2D eigenvalue weighted by Gasteiger charge is -2.46. The SMILES string of the molecule is Cc1nn(C)c(C)c1CN1CC[C@H](N2CCN(C)CC2)[C@H](CCCO)C1. The predicted octanol–water partition coefficient (Wildman–Crippen LogP) is 1.25. The lowest BCUT2D eigenvalue weighted by atomic mass is 9.86. The monoisotopic (exact) mass is 363 g/mol. The molecule has 0 saturated carbocycles. The van der Waals surface area contributed by atoms with E-state index in [1.807, 2.05) is 11.7 Å². The van der Waals surface area contributed by atoms with Crippen molar-refractivity contribution < 1.29 is 5.11 Å². The number of likely N-dealkylation sites (tertiary alicyclic amines) is 1. The number of aliphatic hydroxyl groups is 1. The van der Waals surface area contributed by atoms with Crippen molar-refractivity contribution in [2.75, 3.05) is 52.9 Å². The quantitative estimate of drug-likeness (QED) is 0.824. The van der Waals surface area contributed by atoms with Gasteiger partial charge in [0.05, 0.1) is 5.69 Å². The van der Waals surface area contributed by atoms with Gasteiger partial charge in [0.25, 0.3) is 0 Å². The zero-order chi connectivity index (χ0) is 18.7. The molecule has 0 aromatic carbocycles. The zero-order valence-electron chi connectivity index (χ0n) is 17.1. The summed E-state index contributed by atoms with van der Waals surface area (Å²) in [7, 11) is 4.26. The Kier molecular flexibility index (Phi) is 6.72. The maximum atomic E-state index is 9.36. The van der Waals surface area contributed by atoms with E-state index in [0.717, 1.165) is 31.6 Å². The third-order valence-electron chi connectivity index (χ3n) is 6.56. The maximum Gasteiger partial charge on any atom is 0.0641 e. The summed E-state index contributed by atoms with van der Waals surface area (Å²) in [6.07, 6.45) is 3.31. The molecule has 0 amide bonds. The number of aliphatic hydroxyl groups excluding tert-OH is 1. The van der Waals surface area contributed by atoms with E-state index in [4.69, 9.17) is 0 Å². The Labute approximate surface area is 158 Å². The molecule has 2 saturated heterocycles. The number of piperazine rings is 1. The number of aryl methyl sites for hydroxylation is 2. The fourth-order valence-corrected chi connectivity index (χ4v) is 4.78. The number of hydrogen-bond acceptors (Lipinski definition) is 5. The summed E-state index contributed by atoms with van der Waals surface area (Å²) in [5.74, 6) is 0.664. The molecule has 3 rings (SSSR count). The Morgan fingerprint density at radius 2 is 1.81 bits per heavy atom. The van der Waals surface area contributed by atoms with Crippen LogP contribution in [0.25, 0.3) is 0 Å². The van der Waals surface area contributed by atoms with Crippen LogP contribution < -0.4 is 0 Å². The summed E-state index contributed by atoms with van der Waals surface area (Å²) in [5.41, 5.74) is 3.85. The summed E-state index contributed by atoms with van der Waals surface area (Å²) in [6.45, 7) is 12.7. The van der Waals surface area contributed by atoms with E-state index in [1.165, 1.54) is 50.4 Å². The molecule has 1 N–H and O–H groups in total. The highest BCUT2D eigenvalue weighted by Crippen LogP contribution is 2.28. The minimum absolute atomic E-state index is 0.312. The van der Waals surface area contributed by atoms with E-state index >= 15 is 0 Å². The van der Waals surface area contributed by atoms with Crippen LogP contribution in [0, 0.1) is 19.8 Å². The summed E-state index contributed by atoms with van der Waals surface area (Å²) >= 11 is 0. The Bertz CT molecular complexity index is 579. The first kappa shape index (κ1) is 19.8. The van der Waals surface area contributed by atoms with E-state index in [9.17, 15) is 5.11 Å². The van der Waals surface area contributed by atoms with Gasteiger partial charge in [0.15, 0.2) is 0 Å². The number of rotatable bonds is 6. The predicted molar refractivity (Wildman–Crippen MR) is 105 cm³/mol. The van der Waals surface area contributed by atoms with Crippen molar-refractivity contribution in [1.82, 2.24) is 24.5 Å². The molecule has 0 bridgehead atoms. The Morgan fingerprint density at radius 1 is 1.08 bits per heavy atom. The van der Waals surface area contributed by atoms with Crippen LogP contribution in [0.2, 0.25) is 0 Å². The minimum Gasteiger partial charge on any atom is -0.396 e. The van der Waals surface area contributed by atoms with Crippen LogP contribution in [0.1, 0.15) is 36.2 Å². The highest BCUT2D eigenvalue weighted by atomic mass is 16.2. The molecular weight excluding hydrogens is 326 g/mol. The number of nitrogens with zero attached hydrogens (tertiary/aromatic N) is 5. The van der Waals surface area contributed by atoms with Crippen LogP contribution in [-0.2, 0) is 13.6 Å². The number of likely N-dealkylation sites (N-methyl/N-ethyl adjacent to an activating group) is 1. The second kappa shape index (κ2) is 8.83. The van der Waals surface area contributed by atoms with E-state index in [1.54, 1.807) is 0 Å². The number of piperidine rings is 1. The molecule has 0 radical (unpaired) electrons. The summed E-state index contributed by atoms with van der Waals surface area (Å²) in [4.78, 5) is 7.77. The van der Waals surface area contributed by atoms with Crippen molar-refractivity contribution in [2.24, 2.45) is 13.0 Å². The van der Waals surface area contributed by atoms with Crippen LogP contribution in [0.3, 0.4) is 0 Å². The van der Waals surface area contributed by atoms with E-state index in [-0.39, 0.29) is 0 Å². The molecule has 2 fully saturated rings. The molecule has 1 aromatic rings. The lowest BCUT2D eigenvalue weighted by Crippen LogP contribution is -2.56. The molecule has 3 heterocycles. The van der Waals surface area contributed by atoms with Crippen LogP contribution in [0.4, 0.5) is 0 Å². The molecular formula is C20H37N5O. The first-order chi connectivity index (χ1) is 12.5. The van der Waals surface area contributed by atoms with Gasteiger partial charge in [-0.1, -0.05) is 0 Å². The molecule has 1 aromatic heterocycles. The smallest absolute Gasteiger partial charge is 0.0641 e.